The molecule has 1 aliphatic heterocycles. The lowest BCUT2D eigenvalue weighted by Crippen LogP contribution is -2.72. The molecule has 0 unspecified atom stereocenters. The van der Waals surface area contributed by atoms with Crippen LogP contribution in [0.5, 0.6) is 5.75 Å². The van der Waals surface area contributed by atoms with Gasteiger partial charge in [-0.15, -0.1) is 0 Å². The highest BCUT2D eigenvalue weighted by molar-refractivity contribution is 5.98. The topological polar surface area (TPSA) is 186 Å². The van der Waals surface area contributed by atoms with E-state index in [0.29, 0.717) is 24.9 Å². The van der Waals surface area contributed by atoms with E-state index in [0.717, 1.165) is 5.56 Å². The molecule has 2 aromatic rings. The Morgan fingerprint density at radius 2 is 1.64 bits per heavy atom. The normalized spacial score (nSPS) is 18.1. The van der Waals surface area contributed by atoms with Crippen LogP contribution in [0.3, 0.4) is 0 Å². The van der Waals surface area contributed by atoms with Gasteiger partial charge in [0.2, 0.25) is 11.8 Å². The van der Waals surface area contributed by atoms with Gasteiger partial charge in [-0.1, -0.05) is 42.5 Å². The maximum absolute atomic E-state index is 13.2. The van der Waals surface area contributed by atoms with Crippen molar-refractivity contribution in [3.05, 3.63) is 65.7 Å². The first-order chi connectivity index (χ1) is 17.2. The number of nitrogens with one attached hydrogen (secondary N) is 3. The highest BCUT2D eigenvalue weighted by atomic mass is 16.6. The summed E-state index contributed by atoms with van der Waals surface area (Å²) < 4.78 is 5.18. The summed E-state index contributed by atoms with van der Waals surface area (Å²) in [6.45, 7) is 0.407. The molecule has 11 nitrogen and oxygen atoms in total. The Kier molecular flexibility index (Phi) is 8.85. The van der Waals surface area contributed by atoms with Crippen molar-refractivity contribution in [2.24, 2.45) is 11.5 Å². The zero-order valence-corrected chi connectivity index (χ0v) is 19.7. The van der Waals surface area contributed by atoms with Crippen LogP contribution >= 0.6 is 0 Å². The number of hydrogen-bond acceptors (Lipinski definition) is 7. The minimum absolute atomic E-state index is 0.0279. The summed E-state index contributed by atoms with van der Waals surface area (Å²) in [6, 6.07) is 13.1. The Balaban J connectivity index is 1.73. The Hall–Kier alpha value is -4.12. The van der Waals surface area contributed by atoms with Gasteiger partial charge in [-0.05, 0) is 49.1 Å². The number of hydrogen-bond donors (Lipinski definition) is 6. The summed E-state index contributed by atoms with van der Waals surface area (Å²) >= 11 is 0. The van der Waals surface area contributed by atoms with Crippen LogP contribution in [0.2, 0.25) is 0 Å². The number of benzene rings is 2. The van der Waals surface area contributed by atoms with E-state index in [1.165, 1.54) is 12.1 Å². The molecule has 0 radical (unpaired) electrons. The number of nitrogens with two attached hydrogens (primary N) is 2. The fraction of sp³-hybridized carbons (Fsp3) is 0.360. The maximum Gasteiger partial charge on any atom is 0.413 e. The number of aromatic hydroxyl groups is 1. The van der Waals surface area contributed by atoms with Crippen LogP contribution < -0.4 is 27.4 Å². The second-order valence-electron chi connectivity index (χ2n) is 8.65. The fourth-order valence-electron chi connectivity index (χ4n) is 3.87. The molecule has 2 aromatic carbocycles. The summed E-state index contributed by atoms with van der Waals surface area (Å²) in [4.78, 5) is 50.0. The first-order valence-electron chi connectivity index (χ1n) is 11.7. The number of unbranched alkanes of at least 4 members (excludes halogenated alkanes) is 1. The van der Waals surface area contributed by atoms with Crippen LogP contribution in [0.25, 0.3) is 0 Å². The molecule has 4 amide bonds. The maximum atomic E-state index is 13.2. The van der Waals surface area contributed by atoms with Gasteiger partial charge < -0.3 is 31.9 Å². The van der Waals surface area contributed by atoms with Crippen LogP contribution in [0.4, 0.5) is 4.79 Å². The molecule has 3 atom stereocenters. The number of phenolic OH excluding ortho intramolecular Hbond substituents is 1. The standard InChI is InChI=1S/C25H31N5O6/c26-13-5-4-8-19(22(33)28-20(21(27)32)14-16-6-2-1-3-7-16)29-23(34)25(30-24(35)36-25)15-17-9-11-18(31)12-10-17/h1-3,6-7,9-12,19-20,31H,4-5,8,13-15,26H2,(H2,27,32)(H,28,33)(H,29,34)(H,30,35)/t19-,20-,25+/m0/s1. The third kappa shape index (κ3) is 6.95. The Labute approximate surface area is 208 Å². The fourth-order valence-corrected chi connectivity index (χ4v) is 3.87. The zero-order chi connectivity index (χ0) is 26.1. The SMILES string of the molecule is NCCCC[C@H](NC(=O)[C@]1(Cc2ccc(O)cc2)NC(=O)O1)C(=O)N[C@@H](Cc1ccccc1)C(N)=O. The van der Waals surface area contributed by atoms with Crippen molar-refractivity contribution in [2.75, 3.05) is 6.54 Å². The molecule has 1 heterocycles. The predicted molar refractivity (Wildman–Crippen MR) is 130 cm³/mol. The van der Waals surface area contributed by atoms with Crippen molar-refractivity contribution in [1.29, 1.82) is 0 Å². The van der Waals surface area contributed by atoms with Crippen LogP contribution in [-0.4, -0.2) is 53.3 Å². The predicted octanol–water partition coefficient (Wildman–Crippen LogP) is 0.197. The zero-order valence-electron chi connectivity index (χ0n) is 19.7. The van der Waals surface area contributed by atoms with Crippen molar-refractivity contribution in [2.45, 2.75) is 49.9 Å². The van der Waals surface area contributed by atoms with E-state index in [-0.39, 0.29) is 25.0 Å². The van der Waals surface area contributed by atoms with Gasteiger partial charge in [-0.3, -0.25) is 19.7 Å². The molecule has 0 aliphatic carbocycles. The second-order valence-corrected chi connectivity index (χ2v) is 8.65. The van der Waals surface area contributed by atoms with Crippen molar-refractivity contribution < 1.29 is 29.0 Å². The number of rotatable bonds is 13. The van der Waals surface area contributed by atoms with Gasteiger partial charge in [0.1, 0.15) is 17.8 Å². The number of ether oxygens (including phenoxy) is 1. The van der Waals surface area contributed by atoms with Crippen molar-refractivity contribution in [3.63, 3.8) is 0 Å². The van der Waals surface area contributed by atoms with E-state index in [4.69, 9.17) is 16.2 Å². The third-order valence-electron chi connectivity index (χ3n) is 5.84. The highest BCUT2D eigenvalue weighted by Crippen LogP contribution is 2.25. The molecular formula is C25H31N5O6. The summed E-state index contributed by atoms with van der Waals surface area (Å²) in [5.74, 6) is -1.98. The molecule has 0 aromatic heterocycles. The quantitative estimate of drug-likeness (QED) is 0.213. The lowest BCUT2D eigenvalue weighted by atomic mass is 9.98. The Morgan fingerprint density at radius 1 is 0.972 bits per heavy atom. The lowest BCUT2D eigenvalue weighted by Gasteiger charge is -2.40. The lowest BCUT2D eigenvalue weighted by molar-refractivity contribution is -0.156. The number of carbonyl (C=O) groups excluding carboxylic acids is 4. The minimum atomic E-state index is -1.71. The summed E-state index contributed by atoms with van der Waals surface area (Å²) in [5, 5.41) is 17.2. The highest BCUT2D eigenvalue weighted by Gasteiger charge is 2.53. The summed E-state index contributed by atoms with van der Waals surface area (Å²) in [6.07, 6.45) is 0.788. The average molecular weight is 498 g/mol. The Morgan fingerprint density at radius 3 is 2.22 bits per heavy atom. The van der Waals surface area contributed by atoms with E-state index in [1.54, 1.807) is 12.1 Å². The van der Waals surface area contributed by atoms with Gasteiger partial charge in [0.05, 0.1) is 0 Å². The molecule has 11 heteroatoms. The molecule has 36 heavy (non-hydrogen) atoms. The van der Waals surface area contributed by atoms with Gasteiger partial charge in [0, 0.05) is 12.8 Å². The van der Waals surface area contributed by atoms with E-state index < -0.39 is 41.6 Å². The van der Waals surface area contributed by atoms with Crippen LogP contribution in [0, 0.1) is 0 Å². The second kappa shape index (κ2) is 12.0. The largest absolute Gasteiger partial charge is 0.508 e. The van der Waals surface area contributed by atoms with Crippen molar-refractivity contribution in [1.82, 2.24) is 16.0 Å². The van der Waals surface area contributed by atoms with E-state index in [9.17, 15) is 24.3 Å². The first kappa shape index (κ1) is 26.5. The molecule has 1 aliphatic rings. The van der Waals surface area contributed by atoms with Gasteiger partial charge >= 0.3 is 6.09 Å². The number of phenols is 1. The van der Waals surface area contributed by atoms with Crippen LogP contribution in [0.1, 0.15) is 30.4 Å². The number of cyclic esters (lactones) is 1. The van der Waals surface area contributed by atoms with Gasteiger partial charge in [-0.25, -0.2) is 4.79 Å². The monoisotopic (exact) mass is 497 g/mol. The van der Waals surface area contributed by atoms with Crippen LogP contribution in [-0.2, 0) is 32.0 Å². The molecule has 3 rings (SSSR count). The molecule has 1 saturated heterocycles. The first-order valence-corrected chi connectivity index (χ1v) is 11.7. The molecule has 0 saturated carbocycles. The smallest absolute Gasteiger partial charge is 0.413 e. The summed E-state index contributed by atoms with van der Waals surface area (Å²) in [5.41, 5.74) is 10.8. The van der Waals surface area contributed by atoms with E-state index >= 15 is 0 Å². The van der Waals surface area contributed by atoms with Crippen molar-refractivity contribution >= 4 is 23.8 Å². The Bertz CT molecular complexity index is 1070. The number of amides is 4. The molecule has 8 N–H and O–H groups in total. The van der Waals surface area contributed by atoms with Crippen molar-refractivity contribution in [3.8, 4) is 5.75 Å². The number of carbonyl (C=O) groups is 4. The molecule has 1 fully saturated rings. The molecule has 192 valence electrons. The molecular weight excluding hydrogens is 466 g/mol. The minimum Gasteiger partial charge on any atom is -0.508 e. The van der Waals surface area contributed by atoms with Gasteiger partial charge in [-0.2, -0.15) is 0 Å². The van der Waals surface area contributed by atoms with E-state index in [1.807, 2.05) is 30.3 Å². The molecule has 0 bridgehead atoms. The van der Waals surface area contributed by atoms with Crippen LogP contribution in [0.15, 0.2) is 54.6 Å². The number of primary amides is 1. The van der Waals surface area contributed by atoms with E-state index in [2.05, 4.69) is 16.0 Å². The summed E-state index contributed by atoms with van der Waals surface area (Å²) in [7, 11) is 0. The molecule has 0 spiro atoms. The van der Waals surface area contributed by atoms with Gasteiger partial charge in [0.25, 0.3) is 11.6 Å². The average Bonchev–Trinajstić information content (AvgIpc) is 2.83. The third-order valence-corrected chi connectivity index (χ3v) is 5.84. The van der Waals surface area contributed by atoms with Gasteiger partial charge in [0.15, 0.2) is 0 Å².